The zero-order valence-electron chi connectivity index (χ0n) is 17.6. The van der Waals surface area contributed by atoms with Gasteiger partial charge in [0.25, 0.3) is 0 Å². The molecule has 2 aromatic rings. The van der Waals surface area contributed by atoms with Crippen molar-refractivity contribution >= 4 is 27.4 Å². The summed E-state index contributed by atoms with van der Waals surface area (Å²) in [6.45, 7) is 3.68. The topological polar surface area (TPSA) is 83.4 Å². The molecule has 0 amide bonds. The summed E-state index contributed by atoms with van der Waals surface area (Å²) in [5, 5.41) is 10.7. The molecule has 1 aliphatic carbocycles. The second-order valence-electron chi connectivity index (χ2n) is 8.59. The predicted octanol–water partition coefficient (Wildman–Crippen LogP) is 3.99. The van der Waals surface area contributed by atoms with Gasteiger partial charge >= 0.3 is 0 Å². The minimum atomic E-state index is -3.27. The molecule has 1 saturated heterocycles. The molecular formula is C22H29N3O3S2. The Morgan fingerprint density at radius 2 is 1.83 bits per heavy atom. The third-order valence-electron chi connectivity index (χ3n) is 6.46. The number of hydrogen-bond acceptors (Lipinski definition) is 7. The molecule has 1 aromatic carbocycles. The van der Waals surface area contributed by atoms with Crippen LogP contribution in [0.2, 0.25) is 0 Å². The van der Waals surface area contributed by atoms with E-state index in [4.69, 9.17) is 9.97 Å². The molecule has 4 rings (SSSR count). The van der Waals surface area contributed by atoms with Crippen LogP contribution >= 0.6 is 11.8 Å². The minimum Gasteiger partial charge on any atom is -0.390 e. The predicted molar refractivity (Wildman–Crippen MR) is 119 cm³/mol. The standard InChI is InChI=1S/C22H29N3O3S2/c1-16-21(29-17-6-5-7-18(14-17)30(2,27)28)24-19(15-26)20(23-16)25-12-10-22(11-13-25)8-3-4-9-22/h5-7,14,26H,3-4,8-13,15H2,1-2H3. The van der Waals surface area contributed by atoms with Crippen LogP contribution in [0.3, 0.4) is 0 Å². The quantitative estimate of drug-likeness (QED) is 0.742. The van der Waals surface area contributed by atoms with Crippen LogP contribution in [0.15, 0.2) is 39.1 Å². The summed E-state index contributed by atoms with van der Waals surface area (Å²) in [5.74, 6) is 0.789. The second-order valence-corrected chi connectivity index (χ2v) is 11.7. The van der Waals surface area contributed by atoms with E-state index in [9.17, 15) is 13.5 Å². The molecule has 30 heavy (non-hydrogen) atoms. The van der Waals surface area contributed by atoms with Crippen molar-refractivity contribution < 1.29 is 13.5 Å². The van der Waals surface area contributed by atoms with Crippen LogP contribution in [0.25, 0.3) is 0 Å². The van der Waals surface area contributed by atoms with Crippen LogP contribution in [0.1, 0.15) is 49.9 Å². The van der Waals surface area contributed by atoms with Crippen LogP contribution in [0.4, 0.5) is 5.82 Å². The van der Waals surface area contributed by atoms with Crippen molar-refractivity contribution in [2.24, 2.45) is 5.41 Å². The molecule has 1 aromatic heterocycles. The van der Waals surface area contributed by atoms with E-state index < -0.39 is 9.84 Å². The maximum Gasteiger partial charge on any atom is 0.175 e. The summed E-state index contributed by atoms with van der Waals surface area (Å²) in [4.78, 5) is 12.9. The van der Waals surface area contributed by atoms with Crippen molar-refractivity contribution in [1.82, 2.24) is 9.97 Å². The highest BCUT2D eigenvalue weighted by Gasteiger charge is 2.37. The fourth-order valence-corrected chi connectivity index (χ4v) is 6.32. The third kappa shape index (κ3) is 4.50. The lowest BCUT2D eigenvalue weighted by atomic mass is 9.77. The first-order valence-electron chi connectivity index (χ1n) is 10.5. The van der Waals surface area contributed by atoms with E-state index in [0.29, 0.717) is 16.1 Å². The molecule has 1 N–H and O–H groups in total. The average Bonchev–Trinajstić information content (AvgIpc) is 3.17. The van der Waals surface area contributed by atoms with Crippen molar-refractivity contribution in [3.8, 4) is 0 Å². The van der Waals surface area contributed by atoms with Gasteiger partial charge in [-0.2, -0.15) is 0 Å². The van der Waals surface area contributed by atoms with Crippen molar-refractivity contribution in [1.29, 1.82) is 0 Å². The highest BCUT2D eigenvalue weighted by Crippen LogP contribution is 2.46. The van der Waals surface area contributed by atoms with E-state index in [0.717, 1.165) is 29.5 Å². The number of sulfone groups is 1. The Bertz CT molecular complexity index is 1020. The molecule has 1 spiro atoms. The molecule has 2 heterocycles. The molecular weight excluding hydrogens is 418 g/mol. The number of aryl methyl sites for hydroxylation is 1. The van der Waals surface area contributed by atoms with Gasteiger partial charge in [0, 0.05) is 24.2 Å². The van der Waals surface area contributed by atoms with Crippen LogP contribution < -0.4 is 4.90 Å². The summed E-state index contributed by atoms with van der Waals surface area (Å²) >= 11 is 1.38. The lowest BCUT2D eigenvalue weighted by Gasteiger charge is -2.40. The van der Waals surface area contributed by atoms with Gasteiger partial charge in [-0.3, -0.25) is 0 Å². The molecule has 0 bridgehead atoms. The third-order valence-corrected chi connectivity index (χ3v) is 8.64. The van der Waals surface area contributed by atoms with E-state index in [2.05, 4.69) is 4.90 Å². The highest BCUT2D eigenvalue weighted by atomic mass is 32.2. The van der Waals surface area contributed by atoms with Crippen LogP contribution in [0, 0.1) is 12.3 Å². The van der Waals surface area contributed by atoms with E-state index in [1.165, 1.54) is 56.5 Å². The van der Waals surface area contributed by atoms with Gasteiger partial charge in [-0.1, -0.05) is 30.7 Å². The van der Waals surface area contributed by atoms with Crippen LogP contribution in [-0.4, -0.2) is 42.8 Å². The Morgan fingerprint density at radius 3 is 2.47 bits per heavy atom. The van der Waals surface area contributed by atoms with Crippen molar-refractivity contribution in [3.63, 3.8) is 0 Å². The normalized spacial score (nSPS) is 18.8. The monoisotopic (exact) mass is 447 g/mol. The zero-order valence-corrected chi connectivity index (χ0v) is 19.2. The minimum absolute atomic E-state index is 0.165. The molecule has 0 radical (unpaired) electrons. The number of aromatic nitrogens is 2. The Morgan fingerprint density at radius 1 is 1.13 bits per heavy atom. The van der Waals surface area contributed by atoms with Crippen molar-refractivity contribution in [2.45, 2.75) is 66.9 Å². The molecule has 1 saturated carbocycles. The summed E-state index contributed by atoms with van der Waals surface area (Å²) in [5.41, 5.74) is 1.90. The number of aliphatic hydroxyl groups excluding tert-OH is 1. The number of rotatable bonds is 5. The maximum atomic E-state index is 11.8. The zero-order chi connectivity index (χ0) is 21.4. The fourth-order valence-electron chi connectivity index (χ4n) is 4.68. The molecule has 2 aliphatic rings. The number of aliphatic hydroxyl groups is 1. The Hall–Kier alpha value is -1.64. The average molecular weight is 448 g/mol. The van der Waals surface area contributed by atoms with Gasteiger partial charge < -0.3 is 10.0 Å². The number of anilines is 1. The summed E-state index contributed by atoms with van der Waals surface area (Å²) in [6.07, 6.45) is 8.98. The van der Waals surface area contributed by atoms with E-state index >= 15 is 0 Å². The van der Waals surface area contributed by atoms with Crippen molar-refractivity contribution in [2.75, 3.05) is 24.2 Å². The molecule has 1 aliphatic heterocycles. The smallest absolute Gasteiger partial charge is 0.175 e. The van der Waals surface area contributed by atoms with E-state index in [1.54, 1.807) is 18.2 Å². The van der Waals surface area contributed by atoms with Gasteiger partial charge in [-0.15, -0.1) is 0 Å². The number of hydrogen-bond donors (Lipinski definition) is 1. The van der Waals surface area contributed by atoms with Crippen LogP contribution in [-0.2, 0) is 16.4 Å². The molecule has 0 atom stereocenters. The van der Waals surface area contributed by atoms with Gasteiger partial charge in [0.1, 0.15) is 10.7 Å². The Kier molecular flexibility index (Phi) is 6.10. The molecule has 8 heteroatoms. The van der Waals surface area contributed by atoms with E-state index in [-0.39, 0.29) is 11.5 Å². The fraction of sp³-hybridized carbons (Fsp3) is 0.545. The van der Waals surface area contributed by atoms with Gasteiger partial charge in [0.05, 0.1) is 17.2 Å². The molecule has 162 valence electrons. The van der Waals surface area contributed by atoms with E-state index in [1.807, 2.05) is 13.0 Å². The number of nitrogens with zero attached hydrogens (tertiary/aromatic N) is 3. The lowest BCUT2D eigenvalue weighted by molar-refractivity contribution is 0.224. The number of piperidine rings is 1. The van der Waals surface area contributed by atoms with Crippen molar-refractivity contribution in [3.05, 3.63) is 35.7 Å². The van der Waals surface area contributed by atoms with Gasteiger partial charge in [-0.25, -0.2) is 18.4 Å². The largest absolute Gasteiger partial charge is 0.390 e. The Balaban J connectivity index is 1.56. The first-order valence-corrected chi connectivity index (χ1v) is 13.2. The lowest BCUT2D eigenvalue weighted by Crippen LogP contribution is -2.40. The first-order chi connectivity index (χ1) is 14.3. The van der Waals surface area contributed by atoms with Crippen LogP contribution in [0.5, 0.6) is 0 Å². The molecule has 2 fully saturated rings. The maximum absolute atomic E-state index is 11.8. The molecule has 0 unspecified atom stereocenters. The summed E-state index contributed by atoms with van der Waals surface area (Å²) in [6, 6.07) is 6.83. The van der Waals surface area contributed by atoms with Gasteiger partial charge in [0.15, 0.2) is 15.7 Å². The second kappa shape index (κ2) is 8.48. The summed E-state index contributed by atoms with van der Waals surface area (Å²) < 4.78 is 23.7. The van der Waals surface area contributed by atoms with Gasteiger partial charge in [-0.05, 0) is 56.2 Å². The Labute approximate surface area is 183 Å². The highest BCUT2D eigenvalue weighted by molar-refractivity contribution is 7.99. The number of benzene rings is 1. The summed E-state index contributed by atoms with van der Waals surface area (Å²) in [7, 11) is -3.27. The SMILES string of the molecule is Cc1nc(N2CCC3(CCCC3)CC2)c(CO)nc1Sc1cccc(S(C)(=O)=O)c1. The molecule has 6 nitrogen and oxygen atoms in total. The van der Waals surface area contributed by atoms with Gasteiger partial charge in [0.2, 0.25) is 0 Å². The first kappa shape index (κ1) is 21.6.